The number of carbonyl (C=O) groups excluding carboxylic acids is 1. The minimum absolute atomic E-state index is 0.327. The van der Waals surface area contributed by atoms with Crippen molar-refractivity contribution in [1.82, 2.24) is 4.90 Å². The van der Waals surface area contributed by atoms with Gasteiger partial charge < -0.3 is 10.1 Å². The Morgan fingerprint density at radius 1 is 1.27 bits per heavy atom. The number of methoxy groups -OCH3 is 1. The molecule has 0 saturated heterocycles. The maximum Gasteiger partial charge on any atom is 0.317 e. The van der Waals surface area contributed by atoms with Crippen molar-refractivity contribution in [2.24, 2.45) is 0 Å². The van der Waals surface area contributed by atoms with E-state index in [0.29, 0.717) is 41.1 Å². The van der Waals surface area contributed by atoms with Crippen molar-refractivity contribution in [1.29, 1.82) is 0 Å². The van der Waals surface area contributed by atoms with Crippen LogP contribution in [0.1, 0.15) is 43.5 Å². The number of ether oxygens (including phenoxy) is 1. The van der Waals surface area contributed by atoms with Crippen molar-refractivity contribution < 1.29 is 18.8 Å². The molecule has 0 fully saturated rings. The molecule has 0 aromatic heterocycles. The lowest BCUT2D eigenvalue weighted by atomic mass is 9.86. The van der Waals surface area contributed by atoms with Crippen LogP contribution >= 0.6 is 0 Å². The Morgan fingerprint density at radius 2 is 2.00 bits per heavy atom. The maximum absolute atomic E-state index is 14.0. The Morgan fingerprint density at radius 3 is 2.63 bits per heavy atom. The third-order valence-electron chi connectivity index (χ3n) is 5.54. The lowest BCUT2D eigenvalue weighted by Gasteiger charge is -2.31. The van der Waals surface area contributed by atoms with Crippen LogP contribution < -0.4 is 10.1 Å². The highest BCUT2D eigenvalue weighted by Gasteiger charge is 2.43. The number of fused-ring (bicyclic) bond motifs is 3. The number of anilines is 1. The molecule has 2 aliphatic heterocycles. The van der Waals surface area contributed by atoms with Crippen LogP contribution in [0.4, 0.5) is 10.1 Å². The first-order valence-electron chi connectivity index (χ1n) is 10.1. The molecule has 160 valence electrons. The van der Waals surface area contributed by atoms with Crippen LogP contribution in [-0.2, 0) is 17.8 Å². The summed E-state index contributed by atoms with van der Waals surface area (Å²) in [6, 6.07) is 4.42. The largest absolute Gasteiger partial charge is 0.496 e. The number of nitrogens with zero attached hydrogens (tertiary/aromatic N) is 2. The second-order valence-corrected chi connectivity index (χ2v) is 6.99. The zero-order chi connectivity index (χ0) is 22.0. The summed E-state index contributed by atoms with van der Waals surface area (Å²) in [5.41, 5.74) is 3.91. The number of nitrogens with one attached hydrogen (secondary N) is 1. The van der Waals surface area contributed by atoms with Gasteiger partial charge in [-0.15, -0.1) is 0 Å². The molecule has 0 spiro atoms. The van der Waals surface area contributed by atoms with Crippen LogP contribution in [0.5, 0.6) is 5.75 Å². The van der Waals surface area contributed by atoms with E-state index in [1.165, 1.54) is 19.2 Å². The first-order chi connectivity index (χ1) is 14.4. The van der Waals surface area contributed by atoms with Gasteiger partial charge in [0.2, 0.25) is 0 Å². The smallest absolute Gasteiger partial charge is 0.317 e. The molecule has 30 heavy (non-hydrogen) atoms. The maximum atomic E-state index is 14.0. The van der Waals surface area contributed by atoms with E-state index in [-0.39, 0.29) is 0 Å². The van der Waals surface area contributed by atoms with Crippen molar-refractivity contribution in [2.75, 3.05) is 25.5 Å². The van der Waals surface area contributed by atoms with Gasteiger partial charge in [-0.05, 0) is 53.9 Å². The number of benzene rings is 2. The summed E-state index contributed by atoms with van der Waals surface area (Å²) in [5.74, 6) is -0.577. The predicted molar refractivity (Wildman–Crippen MR) is 113 cm³/mol. The molecule has 2 aromatic carbocycles. The molecule has 7 nitrogen and oxygen atoms in total. The summed E-state index contributed by atoms with van der Waals surface area (Å²) in [4.78, 5) is 25.4. The van der Waals surface area contributed by atoms with Gasteiger partial charge >= 0.3 is 11.9 Å². The fraction of sp³-hybridized carbons (Fsp3) is 0.409. The van der Waals surface area contributed by atoms with Gasteiger partial charge in [-0.3, -0.25) is 19.8 Å². The van der Waals surface area contributed by atoms with E-state index in [2.05, 4.69) is 10.2 Å². The highest BCUT2D eigenvalue weighted by atomic mass is 19.1. The Labute approximate surface area is 175 Å². The zero-order valence-electron chi connectivity index (χ0n) is 17.6. The molecule has 4 rings (SSSR count). The highest BCUT2D eigenvalue weighted by Crippen LogP contribution is 2.45. The summed E-state index contributed by atoms with van der Waals surface area (Å²) in [6.07, 6.45) is 0.699. The van der Waals surface area contributed by atoms with E-state index in [1.54, 1.807) is 12.1 Å². The second-order valence-electron chi connectivity index (χ2n) is 6.99. The Bertz CT molecular complexity index is 993. The molecule has 0 bridgehead atoms. The molecule has 0 saturated carbocycles. The number of carbonyl (C=O) groups is 1. The highest BCUT2D eigenvalue weighted by molar-refractivity contribution is 6.04. The van der Waals surface area contributed by atoms with E-state index < -0.39 is 22.7 Å². The summed E-state index contributed by atoms with van der Waals surface area (Å²) >= 11 is 0. The molecule has 1 amide bonds. The minimum atomic E-state index is -1.46. The van der Waals surface area contributed by atoms with Gasteiger partial charge in [0.25, 0.3) is 0 Å². The van der Waals surface area contributed by atoms with Crippen molar-refractivity contribution in [3.05, 3.63) is 56.9 Å². The quantitative estimate of drug-likeness (QED) is 0.598. The van der Waals surface area contributed by atoms with Gasteiger partial charge in [-0.25, -0.2) is 4.39 Å². The molecule has 2 aromatic rings. The number of hydrogen-bond acceptors (Lipinski definition) is 5. The molecule has 0 aliphatic carbocycles. The number of nitro groups is 1. The molecule has 2 heterocycles. The summed E-state index contributed by atoms with van der Waals surface area (Å²) in [5, 5.41) is 14.2. The summed E-state index contributed by atoms with van der Waals surface area (Å²) < 4.78 is 19.4. The average molecular weight is 415 g/mol. The molecule has 1 unspecified atom stereocenters. The van der Waals surface area contributed by atoms with Crippen molar-refractivity contribution in [3.63, 3.8) is 0 Å². The average Bonchev–Trinajstić information content (AvgIpc) is 3.10. The molecule has 2 aliphatic rings. The SMILES string of the molecule is CC.CCN1CCc2c(-c3cc(F)ccc3OC)cc3c(c2C1)NC(=O)C3[N+](=O)[O-]. The van der Waals surface area contributed by atoms with Crippen LogP contribution in [0, 0.1) is 15.9 Å². The van der Waals surface area contributed by atoms with Crippen LogP contribution in [0.3, 0.4) is 0 Å². The molecule has 1 atom stereocenters. The lowest BCUT2D eigenvalue weighted by Crippen LogP contribution is -2.31. The third-order valence-corrected chi connectivity index (χ3v) is 5.54. The topological polar surface area (TPSA) is 84.7 Å². The minimum Gasteiger partial charge on any atom is -0.496 e. The van der Waals surface area contributed by atoms with Crippen LogP contribution in [0.25, 0.3) is 11.1 Å². The van der Waals surface area contributed by atoms with Crippen LogP contribution in [0.15, 0.2) is 24.3 Å². The monoisotopic (exact) mass is 415 g/mol. The summed E-state index contributed by atoms with van der Waals surface area (Å²) in [6.45, 7) is 8.27. The van der Waals surface area contributed by atoms with E-state index in [9.17, 15) is 19.3 Å². The van der Waals surface area contributed by atoms with E-state index in [4.69, 9.17) is 4.74 Å². The first kappa shape index (κ1) is 21.7. The molecular formula is C22H26FN3O4. The predicted octanol–water partition coefficient (Wildman–Crippen LogP) is 4.18. The van der Waals surface area contributed by atoms with Gasteiger partial charge in [-0.1, -0.05) is 20.8 Å². The van der Waals surface area contributed by atoms with E-state index >= 15 is 0 Å². The first-order valence-corrected chi connectivity index (χ1v) is 10.1. The lowest BCUT2D eigenvalue weighted by molar-refractivity contribution is -0.511. The van der Waals surface area contributed by atoms with Crippen molar-refractivity contribution in [2.45, 2.75) is 39.8 Å². The zero-order valence-corrected chi connectivity index (χ0v) is 17.6. The fourth-order valence-electron chi connectivity index (χ4n) is 4.14. The molecule has 1 N–H and O–H groups in total. The molecule has 0 radical (unpaired) electrons. The Balaban J connectivity index is 0.00000124. The third kappa shape index (κ3) is 3.63. The Hall–Kier alpha value is -3.00. The standard InChI is InChI=1S/C20H20FN3O4.C2H6/c1-3-23-7-6-12-13(14-8-11(21)4-5-17(14)28-2)9-15-18(16(12)10-23)22-20(25)19(15)24(26)27;1-2/h4-5,8-9,19H,3,6-7,10H2,1-2H3,(H,22,25);1-2H3. The fourth-order valence-corrected chi connectivity index (χ4v) is 4.14. The van der Waals surface area contributed by atoms with Gasteiger partial charge in [0.15, 0.2) is 0 Å². The van der Waals surface area contributed by atoms with Crippen molar-refractivity contribution >= 4 is 11.6 Å². The number of hydrogen-bond donors (Lipinski definition) is 1. The van der Waals surface area contributed by atoms with E-state index in [1.807, 2.05) is 20.8 Å². The number of likely N-dealkylation sites (N-methyl/N-ethyl adjacent to an activating group) is 1. The number of rotatable bonds is 4. The van der Waals surface area contributed by atoms with Crippen LogP contribution in [-0.4, -0.2) is 35.9 Å². The van der Waals surface area contributed by atoms with Crippen molar-refractivity contribution in [3.8, 4) is 16.9 Å². The number of halogens is 1. The van der Waals surface area contributed by atoms with Gasteiger partial charge in [0.1, 0.15) is 11.6 Å². The van der Waals surface area contributed by atoms with Gasteiger partial charge in [0, 0.05) is 23.6 Å². The van der Waals surface area contributed by atoms with Crippen LogP contribution in [0.2, 0.25) is 0 Å². The van der Waals surface area contributed by atoms with Gasteiger partial charge in [0.05, 0.1) is 18.4 Å². The second kappa shape index (κ2) is 8.79. The van der Waals surface area contributed by atoms with E-state index in [0.717, 1.165) is 24.2 Å². The normalized spacial score (nSPS) is 17.4. The summed E-state index contributed by atoms with van der Waals surface area (Å²) in [7, 11) is 1.50. The number of amides is 1. The van der Waals surface area contributed by atoms with Gasteiger partial charge in [-0.2, -0.15) is 0 Å². The Kier molecular flexibility index (Phi) is 6.36. The molecular weight excluding hydrogens is 389 g/mol. The molecule has 8 heteroatoms.